The molecule has 0 atom stereocenters. The maximum Gasteiger partial charge on any atom is 0.231 e. The van der Waals surface area contributed by atoms with Crippen LogP contribution >= 0.6 is 0 Å². The van der Waals surface area contributed by atoms with E-state index in [1.54, 1.807) is 6.07 Å². The minimum Gasteiger partial charge on any atom is -0.493 e. The second-order valence-corrected chi connectivity index (χ2v) is 5.13. The number of hydrogen-bond donors (Lipinski definition) is 0. The summed E-state index contributed by atoms with van der Waals surface area (Å²) in [7, 11) is 0. The second kappa shape index (κ2) is 7.11. The van der Waals surface area contributed by atoms with E-state index in [0.717, 1.165) is 24.3 Å². The lowest BCUT2D eigenvalue weighted by molar-refractivity contribution is -0.130. The Morgan fingerprint density at radius 3 is 2.57 bits per heavy atom. The predicted octanol–water partition coefficient (Wildman–Crippen LogP) is 2.76. The Labute approximate surface area is 124 Å². The first kappa shape index (κ1) is 15.4. The average molecular weight is 292 g/mol. The van der Waals surface area contributed by atoms with E-state index < -0.39 is 5.92 Å². The summed E-state index contributed by atoms with van der Waals surface area (Å²) in [6.07, 6.45) is 2.18. The molecular formula is C16H20O5. The van der Waals surface area contributed by atoms with Crippen molar-refractivity contribution >= 4 is 11.6 Å². The van der Waals surface area contributed by atoms with Gasteiger partial charge in [-0.25, -0.2) is 0 Å². The molecule has 0 saturated carbocycles. The summed E-state index contributed by atoms with van der Waals surface area (Å²) in [5.74, 6) is 1.58. The number of unbranched alkanes of at least 4 members (excludes halogenated alkanes) is 1. The van der Waals surface area contributed by atoms with Gasteiger partial charge in [0.1, 0.15) is 17.3 Å². The molecule has 0 unspecified atom stereocenters. The first-order valence-electron chi connectivity index (χ1n) is 7.11. The van der Waals surface area contributed by atoms with Gasteiger partial charge in [-0.15, -0.1) is 0 Å². The van der Waals surface area contributed by atoms with Gasteiger partial charge in [0.25, 0.3) is 0 Å². The zero-order valence-electron chi connectivity index (χ0n) is 12.4. The van der Waals surface area contributed by atoms with Gasteiger partial charge in [-0.2, -0.15) is 0 Å². The minimum absolute atomic E-state index is 0.0563. The van der Waals surface area contributed by atoms with Crippen molar-refractivity contribution in [1.29, 1.82) is 0 Å². The topological polar surface area (TPSA) is 61.8 Å². The van der Waals surface area contributed by atoms with E-state index in [2.05, 4.69) is 0 Å². The summed E-state index contributed by atoms with van der Waals surface area (Å²) in [5.41, 5.74) is 0. The van der Waals surface area contributed by atoms with E-state index in [1.165, 1.54) is 13.8 Å². The van der Waals surface area contributed by atoms with Gasteiger partial charge in [-0.05, 0) is 45.2 Å². The number of carbonyl (C=O) groups excluding carboxylic acids is 2. The van der Waals surface area contributed by atoms with Crippen molar-refractivity contribution in [1.82, 2.24) is 0 Å². The normalized spacial score (nSPS) is 12.5. The number of rotatable bonds is 8. The molecule has 1 heterocycles. The van der Waals surface area contributed by atoms with E-state index in [-0.39, 0.29) is 18.4 Å². The molecule has 0 N–H and O–H groups in total. The van der Waals surface area contributed by atoms with Crippen LogP contribution in [0, 0.1) is 5.92 Å². The van der Waals surface area contributed by atoms with Crippen molar-refractivity contribution in [3.05, 3.63) is 18.2 Å². The van der Waals surface area contributed by atoms with Gasteiger partial charge in [-0.3, -0.25) is 9.59 Å². The van der Waals surface area contributed by atoms with E-state index in [1.807, 2.05) is 12.1 Å². The summed E-state index contributed by atoms with van der Waals surface area (Å²) >= 11 is 0. The van der Waals surface area contributed by atoms with Gasteiger partial charge in [0.05, 0.1) is 12.5 Å². The van der Waals surface area contributed by atoms with Crippen molar-refractivity contribution in [2.75, 3.05) is 13.4 Å². The highest BCUT2D eigenvalue weighted by molar-refractivity contribution is 6.00. The summed E-state index contributed by atoms with van der Waals surface area (Å²) < 4.78 is 16.1. The van der Waals surface area contributed by atoms with Crippen LogP contribution in [0.2, 0.25) is 0 Å². The summed E-state index contributed by atoms with van der Waals surface area (Å²) in [6.45, 7) is 3.73. The van der Waals surface area contributed by atoms with Crippen LogP contribution in [0.5, 0.6) is 17.2 Å². The molecule has 1 aliphatic heterocycles. The molecule has 114 valence electrons. The quantitative estimate of drug-likeness (QED) is 0.544. The molecule has 0 spiro atoms. The molecule has 0 bridgehead atoms. The predicted molar refractivity (Wildman–Crippen MR) is 76.8 cm³/mol. The highest BCUT2D eigenvalue weighted by Crippen LogP contribution is 2.35. The van der Waals surface area contributed by atoms with Crippen LogP contribution in [-0.2, 0) is 9.59 Å². The number of ketones is 2. The van der Waals surface area contributed by atoms with E-state index >= 15 is 0 Å². The highest BCUT2D eigenvalue weighted by atomic mass is 16.7. The Kier molecular flexibility index (Phi) is 5.20. The number of Topliss-reactive ketones (excluding diaryl/α,β-unsaturated/α-hetero) is 2. The smallest absolute Gasteiger partial charge is 0.231 e. The number of carbonyl (C=O) groups is 2. The molecule has 0 fully saturated rings. The van der Waals surface area contributed by atoms with Gasteiger partial charge in [-0.1, -0.05) is 0 Å². The lowest BCUT2D eigenvalue weighted by atomic mass is 9.94. The van der Waals surface area contributed by atoms with Crippen LogP contribution < -0.4 is 14.2 Å². The monoisotopic (exact) mass is 292 g/mol. The van der Waals surface area contributed by atoms with Crippen molar-refractivity contribution in [3.63, 3.8) is 0 Å². The molecule has 1 aromatic carbocycles. The van der Waals surface area contributed by atoms with Crippen LogP contribution in [0.4, 0.5) is 0 Å². The summed E-state index contributed by atoms with van der Waals surface area (Å²) in [5, 5.41) is 0. The van der Waals surface area contributed by atoms with Gasteiger partial charge < -0.3 is 14.2 Å². The van der Waals surface area contributed by atoms with E-state index in [9.17, 15) is 9.59 Å². The lowest BCUT2D eigenvalue weighted by Gasteiger charge is -2.10. The Morgan fingerprint density at radius 1 is 1.14 bits per heavy atom. The standard InChI is InChI=1S/C16H20O5/c1-11(17)14(12(2)18)5-3-4-8-19-13-6-7-15-16(9-13)21-10-20-15/h6-7,9,14H,3-5,8,10H2,1-2H3. The molecule has 1 aromatic rings. The summed E-state index contributed by atoms with van der Waals surface area (Å²) in [4.78, 5) is 22.6. The molecule has 0 aliphatic carbocycles. The maximum atomic E-state index is 11.3. The lowest BCUT2D eigenvalue weighted by Crippen LogP contribution is -2.19. The molecule has 5 nitrogen and oxygen atoms in total. The number of benzene rings is 1. The molecule has 1 aliphatic rings. The third-order valence-corrected chi connectivity index (χ3v) is 3.48. The Balaban J connectivity index is 1.70. The summed E-state index contributed by atoms with van der Waals surface area (Å²) in [6, 6.07) is 5.46. The van der Waals surface area contributed by atoms with Crippen molar-refractivity contribution in [3.8, 4) is 17.2 Å². The second-order valence-electron chi connectivity index (χ2n) is 5.13. The van der Waals surface area contributed by atoms with Crippen molar-refractivity contribution in [2.45, 2.75) is 33.1 Å². The molecule has 0 radical (unpaired) electrons. The number of hydrogen-bond acceptors (Lipinski definition) is 5. The van der Waals surface area contributed by atoms with Gasteiger partial charge in [0, 0.05) is 6.07 Å². The van der Waals surface area contributed by atoms with Crippen LogP contribution in [-0.4, -0.2) is 25.0 Å². The fourth-order valence-corrected chi connectivity index (χ4v) is 2.30. The molecule has 0 amide bonds. The first-order chi connectivity index (χ1) is 10.1. The molecule has 0 aromatic heterocycles. The van der Waals surface area contributed by atoms with Gasteiger partial charge in [0.15, 0.2) is 11.5 Å². The number of fused-ring (bicyclic) bond motifs is 1. The Bertz CT molecular complexity index is 509. The molecule has 2 rings (SSSR count). The number of ether oxygens (including phenoxy) is 3. The van der Waals surface area contributed by atoms with E-state index in [4.69, 9.17) is 14.2 Å². The van der Waals surface area contributed by atoms with E-state index in [0.29, 0.717) is 18.8 Å². The SMILES string of the molecule is CC(=O)C(CCCCOc1ccc2c(c1)OCO2)C(C)=O. The first-order valence-corrected chi connectivity index (χ1v) is 7.11. The molecule has 0 saturated heterocycles. The molecular weight excluding hydrogens is 272 g/mol. The maximum absolute atomic E-state index is 11.3. The van der Waals surface area contributed by atoms with Crippen LogP contribution in [0.1, 0.15) is 33.1 Å². The Morgan fingerprint density at radius 2 is 1.86 bits per heavy atom. The largest absolute Gasteiger partial charge is 0.493 e. The Hall–Kier alpha value is -2.04. The highest BCUT2D eigenvalue weighted by Gasteiger charge is 2.18. The van der Waals surface area contributed by atoms with Crippen LogP contribution in [0.15, 0.2) is 18.2 Å². The average Bonchev–Trinajstić information content (AvgIpc) is 2.89. The molecule has 21 heavy (non-hydrogen) atoms. The van der Waals surface area contributed by atoms with Gasteiger partial charge in [0.2, 0.25) is 6.79 Å². The third kappa shape index (κ3) is 4.21. The zero-order chi connectivity index (χ0) is 15.2. The molecule has 5 heteroatoms. The van der Waals surface area contributed by atoms with Crippen molar-refractivity contribution in [2.24, 2.45) is 5.92 Å². The fraction of sp³-hybridized carbons (Fsp3) is 0.500. The fourth-order valence-electron chi connectivity index (χ4n) is 2.30. The van der Waals surface area contributed by atoms with Gasteiger partial charge >= 0.3 is 0 Å². The minimum atomic E-state index is -0.462. The van der Waals surface area contributed by atoms with Crippen LogP contribution in [0.3, 0.4) is 0 Å². The third-order valence-electron chi connectivity index (χ3n) is 3.48. The van der Waals surface area contributed by atoms with Crippen LogP contribution in [0.25, 0.3) is 0 Å². The zero-order valence-corrected chi connectivity index (χ0v) is 12.4. The van der Waals surface area contributed by atoms with Crippen molar-refractivity contribution < 1.29 is 23.8 Å².